The Morgan fingerprint density at radius 2 is 1.71 bits per heavy atom. The van der Waals surface area contributed by atoms with E-state index in [2.05, 4.69) is 48.6 Å². The summed E-state index contributed by atoms with van der Waals surface area (Å²) in [4.78, 5) is 15.3. The van der Waals surface area contributed by atoms with Crippen LogP contribution in [0.1, 0.15) is 11.6 Å². The Labute approximate surface area is 143 Å². The van der Waals surface area contributed by atoms with E-state index in [1.807, 2.05) is 32.3 Å². The lowest BCUT2D eigenvalue weighted by atomic mass is 10.1. The molecule has 5 heteroatoms. The number of likely N-dealkylation sites (N-methyl/N-ethyl adjacent to an activating group) is 1. The fraction of sp³-hybridized carbons (Fsp3) is 0.316. The zero-order valence-electron chi connectivity index (χ0n) is 14.7. The van der Waals surface area contributed by atoms with E-state index in [4.69, 9.17) is 4.74 Å². The minimum atomic E-state index is -0.433. The standard InChI is InChI=1S/C19H25N3O2/c1-21(2)16-12-10-15(11-13-16)18(22(3)4)14-20-19(23)24-17-8-6-5-7-9-17/h5-13,18H,14H2,1-4H3,(H,20,23)/p+1/t18-/m0/s1. The number of amides is 1. The molecule has 5 nitrogen and oxygen atoms in total. The quantitative estimate of drug-likeness (QED) is 0.849. The van der Waals surface area contributed by atoms with Gasteiger partial charge in [0, 0.05) is 25.3 Å². The molecule has 2 aromatic rings. The van der Waals surface area contributed by atoms with Crippen LogP contribution in [0.3, 0.4) is 0 Å². The van der Waals surface area contributed by atoms with E-state index < -0.39 is 6.09 Å². The van der Waals surface area contributed by atoms with Crippen LogP contribution in [-0.4, -0.2) is 40.8 Å². The van der Waals surface area contributed by atoms with Gasteiger partial charge in [0.1, 0.15) is 11.8 Å². The predicted octanol–water partition coefficient (Wildman–Crippen LogP) is 1.73. The van der Waals surface area contributed by atoms with Crippen LogP contribution in [0.15, 0.2) is 54.6 Å². The summed E-state index contributed by atoms with van der Waals surface area (Å²) >= 11 is 0. The van der Waals surface area contributed by atoms with Crippen LogP contribution in [0.2, 0.25) is 0 Å². The van der Waals surface area contributed by atoms with Gasteiger partial charge < -0.3 is 19.9 Å². The molecule has 24 heavy (non-hydrogen) atoms. The van der Waals surface area contributed by atoms with Crippen molar-refractivity contribution in [3.63, 3.8) is 0 Å². The van der Waals surface area contributed by atoms with Gasteiger partial charge in [-0.15, -0.1) is 0 Å². The highest BCUT2D eigenvalue weighted by Gasteiger charge is 2.19. The molecule has 0 bridgehead atoms. The van der Waals surface area contributed by atoms with Gasteiger partial charge in [-0.25, -0.2) is 4.79 Å². The Bertz CT molecular complexity index is 639. The molecular formula is C19H26N3O2+. The number of para-hydroxylation sites is 1. The molecule has 1 amide bonds. The van der Waals surface area contributed by atoms with E-state index in [0.29, 0.717) is 12.3 Å². The number of carbonyl (C=O) groups excluding carboxylic acids is 1. The van der Waals surface area contributed by atoms with Gasteiger partial charge in [0.2, 0.25) is 0 Å². The Hall–Kier alpha value is -2.53. The summed E-state index contributed by atoms with van der Waals surface area (Å²) in [6.45, 7) is 0.509. The van der Waals surface area contributed by atoms with Crippen molar-refractivity contribution in [2.45, 2.75) is 6.04 Å². The number of hydrogen-bond donors (Lipinski definition) is 2. The zero-order chi connectivity index (χ0) is 17.5. The van der Waals surface area contributed by atoms with Crippen molar-refractivity contribution in [2.75, 3.05) is 39.6 Å². The largest absolute Gasteiger partial charge is 0.412 e. The van der Waals surface area contributed by atoms with Crippen molar-refractivity contribution < 1.29 is 14.4 Å². The molecule has 128 valence electrons. The lowest BCUT2D eigenvalue weighted by Crippen LogP contribution is -3.07. The zero-order valence-corrected chi connectivity index (χ0v) is 14.7. The average Bonchev–Trinajstić information content (AvgIpc) is 2.56. The summed E-state index contributed by atoms with van der Waals surface area (Å²) in [6.07, 6.45) is -0.433. The number of nitrogens with one attached hydrogen (secondary N) is 2. The Balaban J connectivity index is 1.97. The highest BCUT2D eigenvalue weighted by Crippen LogP contribution is 2.16. The number of carbonyl (C=O) groups is 1. The van der Waals surface area contributed by atoms with Gasteiger partial charge in [0.25, 0.3) is 0 Å². The third-order valence-electron chi connectivity index (χ3n) is 3.91. The maximum atomic E-state index is 12.0. The molecule has 0 fully saturated rings. The molecule has 0 aliphatic carbocycles. The lowest BCUT2D eigenvalue weighted by Gasteiger charge is -2.23. The summed E-state index contributed by atoms with van der Waals surface area (Å²) < 4.78 is 5.26. The third kappa shape index (κ3) is 4.99. The molecule has 0 saturated carbocycles. The monoisotopic (exact) mass is 328 g/mol. The van der Waals surface area contributed by atoms with Crippen molar-refractivity contribution >= 4 is 11.8 Å². The summed E-state index contributed by atoms with van der Waals surface area (Å²) in [5, 5.41) is 2.86. The number of rotatable bonds is 6. The van der Waals surface area contributed by atoms with Gasteiger partial charge in [0.15, 0.2) is 0 Å². The van der Waals surface area contributed by atoms with E-state index in [1.165, 1.54) is 10.5 Å². The van der Waals surface area contributed by atoms with Crippen LogP contribution in [0.25, 0.3) is 0 Å². The van der Waals surface area contributed by atoms with E-state index >= 15 is 0 Å². The number of ether oxygens (including phenoxy) is 1. The Kier molecular flexibility index (Phi) is 6.21. The second-order valence-electron chi connectivity index (χ2n) is 6.20. The first-order valence-corrected chi connectivity index (χ1v) is 8.05. The summed E-state index contributed by atoms with van der Waals surface area (Å²) in [5.74, 6) is 0.541. The van der Waals surface area contributed by atoms with Gasteiger partial charge in [-0.1, -0.05) is 30.3 Å². The van der Waals surface area contributed by atoms with Crippen LogP contribution in [0, 0.1) is 0 Å². The number of nitrogens with zero attached hydrogens (tertiary/aromatic N) is 1. The van der Waals surface area contributed by atoms with Crippen molar-refractivity contribution in [1.29, 1.82) is 0 Å². The van der Waals surface area contributed by atoms with Gasteiger partial charge in [0.05, 0.1) is 20.6 Å². The van der Waals surface area contributed by atoms with Crippen molar-refractivity contribution in [3.8, 4) is 5.75 Å². The maximum absolute atomic E-state index is 12.0. The molecule has 0 saturated heterocycles. The average molecular weight is 328 g/mol. The van der Waals surface area contributed by atoms with E-state index in [1.54, 1.807) is 12.1 Å². The Morgan fingerprint density at radius 1 is 1.08 bits per heavy atom. The van der Waals surface area contributed by atoms with Gasteiger partial charge in [-0.05, 0) is 24.3 Å². The molecular weight excluding hydrogens is 302 g/mol. The molecule has 0 radical (unpaired) electrons. The number of anilines is 1. The van der Waals surface area contributed by atoms with Crippen molar-refractivity contribution in [3.05, 3.63) is 60.2 Å². The molecule has 2 N–H and O–H groups in total. The molecule has 1 atom stereocenters. The lowest BCUT2D eigenvalue weighted by molar-refractivity contribution is -0.890. The second kappa shape index (κ2) is 8.36. The SMILES string of the molecule is CN(C)c1ccc([C@H](CNC(=O)Oc2ccccc2)[NH+](C)C)cc1. The minimum absolute atomic E-state index is 0.157. The van der Waals surface area contributed by atoms with Crippen LogP contribution in [0.4, 0.5) is 10.5 Å². The first kappa shape index (κ1) is 17.8. The molecule has 0 aliphatic rings. The fourth-order valence-electron chi connectivity index (χ4n) is 2.48. The third-order valence-corrected chi connectivity index (χ3v) is 3.91. The highest BCUT2D eigenvalue weighted by molar-refractivity contribution is 5.70. The van der Waals surface area contributed by atoms with Crippen LogP contribution in [-0.2, 0) is 0 Å². The van der Waals surface area contributed by atoms with Gasteiger partial charge in [-0.3, -0.25) is 0 Å². The smallest absolute Gasteiger partial charge is 0.410 e. The maximum Gasteiger partial charge on any atom is 0.412 e. The van der Waals surface area contributed by atoms with Crippen molar-refractivity contribution in [1.82, 2.24) is 5.32 Å². The summed E-state index contributed by atoms with van der Waals surface area (Å²) in [7, 11) is 8.19. The topological polar surface area (TPSA) is 46.0 Å². The highest BCUT2D eigenvalue weighted by atomic mass is 16.6. The van der Waals surface area contributed by atoms with E-state index in [-0.39, 0.29) is 6.04 Å². The summed E-state index contributed by atoms with van der Waals surface area (Å²) in [6, 6.07) is 17.6. The molecule has 0 unspecified atom stereocenters. The molecule has 0 aliphatic heterocycles. The summed E-state index contributed by atoms with van der Waals surface area (Å²) in [5.41, 5.74) is 2.34. The fourth-order valence-corrected chi connectivity index (χ4v) is 2.48. The minimum Gasteiger partial charge on any atom is -0.410 e. The molecule has 0 spiro atoms. The molecule has 0 aromatic heterocycles. The van der Waals surface area contributed by atoms with E-state index in [9.17, 15) is 4.79 Å². The first-order valence-electron chi connectivity index (χ1n) is 8.05. The normalized spacial score (nSPS) is 11.9. The number of hydrogen-bond acceptors (Lipinski definition) is 3. The van der Waals surface area contributed by atoms with E-state index in [0.717, 1.165) is 5.69 Å². The predicted molar refractivity (Wildman–Crippen MR) is 96.8 cm³/mol. The molecule has 2 rings (SSSR count). The van der Waals surface area contributed by atoms with Gasteiger partial charge >= 0.3 is 6.09 Å². The second-order valence-corrected chi connectivity index (χ2v) is 6.20. The van der Waals surface area contributed by atoms with Crippen LogP contribution < -0.4 is 19.9 Å². The Morgan fingerprint density at radius 3 is 2.25 bits per heavy atom. The number of quaternary nitrogens is 1. The van der Waals surface area contributed by atoms with Crippen LogP contribution >= 0.6 is 0 Å². The van der Waals surface area contributed by atoms with Crippen molar-refractivity contribution in [2.24, 2.45) is 0 Å². The van der Waals surface area contributed by atoms with Crippen LogP contribution in [0.5, 0.6) is 5.75 Å². The number of benzene rings is 2. The van der Waals surface area contributed by atoms with Gasteiger partial charge in [-0.2, -0.15) is 0 Å². The molecule has 0 heterocycles. The molecule has 2 aromatic carbocycles. The first-order chi connectivity index (χ1) is 11.5.